The van der Waals surface area contributed by atoms with Crippen molar-refractivity contribution < 1.29 is 14.3 Å². The number of carbonyl (C=O) groups excluding carboxylic acids is 2. The van der Waals surface area contributed by atoms with E-state index in [4.69, 9.17) is 4.74 Å². The molecule has 2 aliphatic rings. The predicted molar refractivity (Wildman–Crippen MR) is 110 cm³/mol. The molecule has 1 saturated heterocycles. The molecule has 0 aromatic heterocycles. The van der Waals surface area contributed by atoms with Crippen LogP contribution in [0.5, 0.6) is 5.75 Å². The molecule has 0 bridgehead atoms. The molecule has 1 aromatic rings. The van der Waals surface area contributed by atoms with Crippen molar-refractivity contribution in [3.63, 3.8) is 0 Å². The molecule has 3 rings (SSSR count). The zero-order chi connectivity index (χ0) is 20.3. The van der Waals surface area contributed by atoms with Gasteiger partial charge >= 0.3 is 0 Å². The summed E-state index contributed by atoms with van der Waals surface area (Å²) in [6, 6.07) is 6.59. The maximum absolute atomic E-state index is 12.8. The average Bonchev–Trinajstić information content (AvgIpc) is 3.47. The molecule has 1 unspecified atom stereocenters. The fourth-order valence-electron chi connectivity index (χ4n) is 3.43. The molecular formula is C22H33N3O3. The third-order valence-corrected chi connectivity index (χ3v) is 5.52. The Morgan fingerprint density at radius 3 is 2.43 bits per heavy atom. The average molecular weight is 388 g/mol. The van der Waals surface area contributed by atoms with Gasteiger partial charge in [0.25, 0.3) is 5.91 Å². The van der Waals surface area contributed by atoms with E-state index in [2.05, 4.69) is 30.1 Å². The summed E-state index contributed by atoms with van der Waals surface area (Å²) in [5.74, 6) is 1.30. The largest absolute Gasteiger partial charge is 0.481 e. The SMILES string of the molecule is Cc1ccc(C(C)C)cc1OC(C)C(=O)N1CCN(CC(=O)NC2CC2)CC1. The van der Waals surface area contributed by atoms with E-state index in [9.17, 15) is 9.59 Å². The molecule has 6 nitrogen and oxygen atoms in total. The molecule has 1 N–H and O–H groups in total. The van der Waals surface area contributed by atoms with Crippen molar-refractivity contribution >= 4 is 11.8 Å². The van der Waals surface area contributed by atoms with Crippen LogP contribution in [0.15, 0.2) is 18.2 Å². The Hall–Kier alpha value is -2.08. The van der Waals surface area contributed by atoms with Crippen molar-refractivity contribution in [2.24, 2.45) is 0 Å². The van der Waals surface area contributed by atoms with E-state index in [0.717, 1.165) is 37.2 Å². The Labute approximate surface area is 168 Å². The van der Waals surface area contributed by atoms with E-state index in [1.165, 1.54) is 5.56 Å². The van der Waals surface area contributed by atoms with Crippen LogP contribution in [0, 0.1) is 6.92 Å². The van der Waals surface area contributed by atoms with Crippen molar-refractivity contribution in [2.75, 3.05) is 32.7 Å². The number of benzene rings is 1. The Kier molecular flexibility index (Phi) is 6.60. The van der Waals surface area contributed by atoms with Gasteiger partial charge in [-0.25, -0.2) is 0 Å². The molecule has 1 saturated carbocycles. The molecule has 28 heavy (non-hydrogen) atoms. The lowest BCUT2D eigenvalue weighted by molar-refractivity contribution is -0.139. The molecule has 2 fully saturated rings. The van der Waals surface area contributed by atoms with Crippen molar-refractivity contribution in [3.05, 3.63) is 29.3 Å². The number of nitrogens with one attached hydrogen (secondary N) is 1. The lowest BCUT2D eigenvalue weighted by Crippen LogP contribution is -2.53. The molecular weight excluding hydrogens is 354 g/mol. The highest BCUT2D eigenvalue weighted by molar-refractivity contribution is 5.81. The minimum absolute atomic E-state index is 0.0106. The van der Waals surface area contributed by atoms with Gasteiger partial charge in [-0.2, -0.15) is 0 Å². The van der Waals surface area contributed by atoms with Crippen LogP contribution in [0.2, 0.25) is 0 Å². The van der Waals surface area contributed by atoms with Crippen LogP contribution >= 0.6 is 0 Å². The highest BCUT2D eigenvalue weighted by Crippen LogP contribution is 2.25. The van der Waals surface area contributed by atoms with Gasteiger partial charge in [0.15, 0.2) is 6.10 Å². The van der Waals surface area contributed by atoms with E-state index in [-0.39, 0.29) is 11.8 Å². The second-order valence-electron chi connectivity index (χ2n) is 8.38. The summed E-state index contributed by atoms with van der Waals surface area (Å²) in [6.07, 6.45) is 1.68. The van der Waals surface area contributed by atoms with E-state index >= 15 is 0 Å². The number of piperazine rings is 1. The van der Waals surface area contributed by atoms with Crippen LogP contribution in [0.1, 0.15) is 50.7 Å². The Bertz CT molecular complexity index is 707. The molecule has 1 aliphatic carbocycles. The van der Waals surface area contributed by atoms with Gasteiger partial charge in [0.2, 0.25) is 5.91 Å². The molecule has 6 heteroatoms. The number of nitrogens with zero attached hydrogens (tertiary/aromatic N) is 2. The number of hydrogen-bond acceptors (Lipinski definition) is 4. The van der Waals surface area contributed by atoms with E-state index < -0.39 is 6.10 Å². The molecule has 1 atom stereocenters. The van der Waals surface area contributed by atoms with E-state index in [1.54, 1.807) is 0 Å². The van der Waals surface area contributed by atoms with Gasteiger partial charge in [-0.05, 0) is 49.8 Å². The van der Waals surface area contributed by atoms with E-state index in [1.807, 2.05) is 30.9 Å². The minimum atomic E-state index is -0.522. The fraction of sp³-hybridized carbons (Fsp3) is 0.636. The highest BCUT2D eigenvalue weighted by atomic mass is 16.5. The monoisotopic (exact) mass is 387 g/mol. The molecule has 2 amide bonds. The summed E-state index contributed by atoms with van der Waals surface area (Å²) in [5, 5.41) is 3.02. The number of rotatable bonds is 7. The second kappa shape index (κ2) is 8.95. The minimum Gasteiger partial charge on any atom is -0.481 e. The van der Waals surface area contributed by atoms with Crippen LogP contribution in [0.4, 0.5) is 0 Å². The number of ether oxygens (including phenoxy) is 1. The standard InChI is InChI=1S/C22H33N3O3/c1-15(2)18-6-5-16(3)20(13-18)28-17(4)22(27)25-11-9-24(10-12-25)14-21(26)23-19-7-8-19/h5-6,13,15,17,19H,7-12,14H2,1-4H3,(H,23,26). The number of amides is 2. The summed E-state index contributed by atoms with van der Waals surface area (Å²) in [5.41, 5.74) is 2.24. The first-order valence-electron chi connectivity index (χ1n) is 10.4. The zero-order valence-corrected chi connectivity index (χ0v) is 17.5. The van der Waals surface area contributed by atoms with Gasteiger partial charge in [-0.1, -0.05) is 26.0 Å². The van der Waals surface area contributed by atoms with Gasteiger partial charge in [-0.15, -0.1) is 0 Å². The predicted octanol–water partition coefficient (Wildman–Crippen LogP) is 2.31. The first kappa shape index (κ1) is 20.6. The normalized spacial score (nSPS) is 18.8. The molecule has 154 valence electrons. The van der Waals surface area contributed by atoms with Crippen LogP contribution in [0.25, 0.3) is 0 Å². The molecule has 1 aromatic carbocycles. The lowest BCUT2D eigenvalue weighted by atomic mass is 10.0. The topological polar surface area (TPSA) is 61.9 Å². The first-order chi connectivity index (χ1) is 13.3. The lowest BCUT2D eigenvalue weighted by Gasteiger charge is -2.35. The van der Waals surface area contributed by atoms with Gasteiger partial charge in [0, 0.05) is 32.2 Å². The van der Waals surface area contributed by atoms with Crippen molar-refractivity contribution in [1.29, 1.82) is 0 Å². The van der Waals surface area contributed by atoms with Gasteiger partial charge in [-0.3, -0.25) is 14.5 Å². The third kappa shape index (κ3) is 5.47. The van der Waals surface area contributed by atoms with Crippen molar-refractivity contribution in [1.82, 2.24) is 15.1 Å². The summed E-state index contributed by atoms with van der Waals surface area (Å²) < 4.78 is 6.02. The van der Waals surface area contributed by atoms with Crippen LogP contribution in [-0.4, -0.2) is 66.5 Å². The smallest absolute Gasteiger partial charge is 0.263 e. The maximum Gasteiger partial charge on any atom is 0.263 e. The zero-order valence-electron chi connectivity index (χ0n) is 17.5. The molecule has 0 radical (unpaired) electrons. The molecule has 0 spiro atoms. The molecule has 1 aliphatic heterocycles. The Morgan fingerprint density at radius 2 is 1.82 bits per heavy atom. The van der Waals surface area contributed by atoms with Gasteiger partial charge in [0.05, 0.1) is 6.54 Å². The summed E-state index contributed by atoms with van der Waals surface area (Å²) in [6.45, 7) is 11.2. The van der Waals surface area contributed by atoms with Crippen molar-refractivity contribution in [3.8, 4) is 5.75 Å². The van der Waals surface area contributed by atoms with Crippen LogP contribution < -0.4 is 10.1 Å². The Morgan fingerprint density at radius 1 is 1.14 bits per heavy atom. The van der Waals surface area contributed by atoms with Crippen molar-refractivity contribution in [2.45, 2.75) is 58.6 Å². The van der Waals surface area contributed by atoms with Gasteiger partial charge in [0.1, 0.15) is 5.75 Å². The quantitative estimate of drug-likeness (QED) is 0.780. The number of carbonyl (C=O) groups is 2. The molecule has 1 heterocycles. The second-order valence-corrected chi connectivity index (χ2v) is 8.38. The maximum atomic E-state index is 12.8. The number of aryl methyl sites for hydroxylation is 1. The highest BCUT2D eigenvalue weighted by Gasteiger charge is 2.28. The summed E-state index contributed by atoms with van der Waals surface area (Å²) in [4.78, 5) is 28.7. The summed E-state index contributed by atoms with van der Waals surface area (Å²) in [7, 11) is 0. The number of hydrogen-bond donors (Lipinski definition) is 1. The van der Waals surface area contributed by atoms with Crippen LogP contribution in [-0.2, 0) is 9.59 Å². The first-order valence-corrected chi connectivity index (χ1v) is 10.4. The van der Waals surface area contributed by atoms with E-state index in [0.29, 0.717) is 31.6 Å². The van der Waals surface area contributed by atoms with Crippen LogP contribution in [0.3, 0.4) is 0 Å². The van der Waals surface area contributed by atoms with Gasteiger partial charge < -0.3 is 15.0 Å². The summed E-state index contributed by atoms with van der Waals surface area (Å²) >= 11 is 0. The Balaban J connectivity index is 1.49. The third-order valence-electron chi connectivity index (χ3n) is 5.52. The fourth-order valence-corrected chi connectivity index (χ4v) is 3.43.